The average Bonchev–Trinajstić information content (AvgIpc) is 1.50. The second-order valence-electron chi connectivity index (χ2n) is 30.9. The van der Waals surface area contributed by atoms with Gasteiger partial charge < -0.3 is 18.6 Å². The molecular weight excluding hydrogens is 1020 g/mol. The molecule has 0 spiro atoms. The highest BCUT2D eigenvalue weighted by atomic mass is 16.4. The van der Waals surface area contributed by atoms with Crippen LogP contribution >= 0.6 is 0 Å². The molecule has 0 bridgehead atoms. The number of anilines is 5. The van der Waals surface area contributed by atoms with Crippen LogP contribution in [0.25, 0.3) is 77.1 Å². The molecule has 15 rings (SSSR count). The van der Waals surface area contributed by atoms with Crippen LogP contribution in [0.5, 0.6) is 0 Å². The number of hydrogen-bond donors (Lipinski definition) is 1. The lowest BCUT2D eigenvalue weighted by atomic mass is 9.57. The molecule has 8 aromatic carbocycles. The molecule has 5 nitrogen and oxygen atoms in total. The Kier molecular flexibility index (Phi) is 11.2. The molecule has 0 atom stereocenters. The highest BCUT2D eigenvalue weighted by Gasteiger charge is 2.43. The van der Waals surface area contributed by atoms with Crippen LogP contribution in [0.1, 0.15) is 181 Å². The molecule has 3 aromatic heterocycles. The van der Waals surface area contributed by atoms with E-state index in [4.69, 9.17) is 13.3 Å². The van der Waals surface area contributed by atoms with E-state index in [9.17, 15) is 0 Å². The molecule has 0 fully saturated rings. The number of nitrogens with zero attached hydrogens (tertiary/aromatic N) is 1. The Labute approximate surface area is 497 Å². The van der Waals surface area contributed by atoms with Gasteiger partial charge in [0.25, 0.3) is 0 Å². The lowest BCUT2D eigenvalue weighted by Gasteiger charge is -2.42. The maximum Gasteiger partial charge on any atom is 0.204 e. The molecule has 84 heavy (non-hydrogen) atoms. The topological polar surface area (TPSA) is 54.7 Å². The van der Waals surface area contributed by atoms with Crippen molar-refractivity contribution in [3.05, 3.63) is 172 Å². The van der Waals surface area contributed by atoms with E-state index in [0.717, 1.165) is 139 Å². The maximum atomic E-state index is 7.66. The van der Waals surface area contributed by atoms with Gasteiger partial charge in [0.2, 0.25) is 7.28 Å². The monoisotopic (exact) mass is 1100 g/mol. The number of hydrogen-bond acceptors (Lipinski definition) is 5. The predicted molar refractivity (Wildman–Crippen MR) is 357 cm³/mol. The third-order valence-electron chi connectivity index (χ3n) is 21.5. The van der Waals surface area contributed by atoms with Gasteiger partial charge in [-0.05, 0) is 205 Å². The van der Waals surface area contributed by atoms with Crippen molar-refractivity contribution >= 4 is 102 Å². The molecule has 0 amide bonds. The lowest BCUT2D eigenvalue weighted by molar-refractivity contribution is 0.332. The van der Waals surface area contributed by atoms with Crippen molar-refractivity contribution in [3.63, 3.8) is 0 Å². The van der Waals surface area contributed by atoms with E-state index in [0.29, 0.717) is 7.28 Å². The molecule has 424 valence electrons. The van der Waals surface area contributed by atoms with Crippen LogP contribution in [0.3, 0.4) is 0 Å². The van der Waals surface area contributed by atoms with Gasteiger partial charge in [-0.2, -0.15) is 0 Å². The first-order chi connectivity index (χ1) is 39.7. The highest BCUT2D eigenvalue weighted by Crippen LogP contribution is 2.55. The van der Waals surface area contributed by atoms with Gasteiger partial charge >= 0.3 is 0 Å². The Morgan fingerprint density at radius 3 is 1.61 bits per heavy atom. The molecule has 0 radical (unpaired) electrons. The summed E-state index contributed by atoms with van der Waals surface area (Å²) < 4.78 is 22.7. The van der Waals surface area contributed by atoms with Gasteiger partial charge in [0.1, 0.15) is 27.9 Å². The number of rotatable bonds is 5. The third-order valence-corrected chi connectivity index (χ3v) is 21.5. The molecule has 11 aromatic rings. The summed E-state index contributed by atoms with van der Waals surface area (Å²) in [5.41, 5.74) is 25.0. The van der Waals surface area contributed by atoms with Crippen LogP contribution in [0, 0.1) is 0 Å². The van der Waals surface area contributed by atoms with Crippen LogP contribution in [-0.2, 0) is 37.9 Å². The van der Waals surface area contributed by atoms with Crippen molar-refractivity contribution in [2.75, 3.05) is 10.2 Å². The second kappa shape index (κ2) is 17.6. The fourth-order valence-corrected chi connectivity index (χ4v) is 15.7. The van der Waals surface area contributed by atoms with E-state index in [1.54, 1.807) is 0 Å². The summed E-state index contributed by atoms with van der Waals surface area (Å²) >= 11 is 0. The van der Waals surface area contributed by atoms with E-state index in [2.05, 4.69) is 248 Å². The Bertz CT molecular complexity index is 4600. The minimum absolute atomic E-state index is 0.000412. The number of para-hydroxylation sites is 1. The summed E-state index contributed by atoms with van der Waals surface area (Å²) in [6.07, 6.45) is 6.79. The van der Waals surface area contributed by atoms with Gasteiger partial charge in [0.15, 0.2) is 5.88 Å². The fourth-order valence-electron chi connectivity index (χ4n) is 15.7. The predicted octanol–water partition coefficient (Wildman–Crippen LogP) is 20.8. The van der Waals surface area contributed by atoms with Crippen molar-refractivity contribution < 1.29 is 13.3 Å². The van der Waals surface area contributed by atoms with E-state index in [1.165, 1.54) is 55.3 Å². The van der Waals surface area contributed by atoms with Crippen LogP contribution in [0.15, 0.2) is 147 Å². The Balaban J connectivity index is 1.09. The van der Waals surface area contributed by atoms with Gasteiger partial charge in [-0.25, -0.2) is 0 Å². The van der Waals surface area contributed by atoms with Gasteiger partial charge in [0.05, 0.1) is 16.9 Å². The molecule has 3 aliphatic carbocycles. The second-order valence-corrected chi connectivity index (χ2v) is 30.9. The Hall–Kier alpha value is -7.44. The zero-order valence-corrected chi connectivity index (χ0v) is 52.3. The summed E-state index contributed by atoms with van der Waals surface area (Å²) in [5.74, 6) is 0.866. The number of benzene rings is 8. The van der Waals surface area contributed by atoms with E-state index in [1.807, 2.05) is 0 Å². The van der Waals surface area contributed by atoms with Crippen LogP contribution in [-0.4, -0.2) is 7.28 Å². The smallest absolute Gasteiger partial charge is 0.204 e. The first kappa shape index (κ1) is 53.3. The fraction of sp³-hybridized carbons (Fsp3) is 0.359. The van der Waals surface area contributed by atoms with Crippen molar-refractivity contribution in [2.45, 2.75) is 180 Å². The summed E-state index contributed by atoms with van der Waals surface area (Å²) in [4.78, 5) is 2.49. The Morgan fingerprint density at radius 1 is 0.417 bits per heavy atom. The van der Waals surface area contributed by atoms with Gasteiger partial charge in [0, 0.05) is 49.4 Å². The highest BCUT2D eigenvalue weighted by molar-refractivity contribution is 6.76. The van der Waals surface area contributed by atoms with E-state index >= 15 is 0 Å². The first-order valence-electron chi connectivity index (χ1n) is 31.2. The molecule has 0 saturated heterocycles. The lowest BCUT2D eigenvalue weighted by Crippen LogP contribution is -2.40. The van der Waals surface area contributed by atoms with Crippen molar-refractivity contribution in [1.29, 1.82) is 0 Å². The van der Waals surface area contributed by atoms with Crippen molar-refractivity contribution in [1.82, 2.24) is 0 Å². The SMILES string of the molecule is CC(C)(C)c1ccc(N2c3cc4c(oc5ccccc54)c(-c4c(Nc5ccc6c(c5)C(C)(C)CCC6(C)C)ccc5c4oc4cc6c(cc45)C(C)(C)CCC6(C)C)c3Bc3c2oc2cc4c(cc32)C(C)(C)CCC4(C)C)c(-c2ccccc2)c1. The summed E-state index contributed by atoms with van der Waals surface area (Å²) in [5, 5.41) is 9.70. The molecule has 6 heteroatoms. The molecule has 0 saturated carbocycles. The van der Waals surface area contributed by atoms with Crippen molar-refractivity contribution in [3.8, 4) is 22.3 Å². The quantitative estimate of drug-likeness (QED) is 0.174. The van der Waals surface area contributed by atoms with Gasteiger partial charge in [-0.3, -0.25) is 4.90 Å². The third kappa shape index (κ3) is 7.93. The number of fused-ring (bicyclic) bond motifs is 13. The molecule has 4 aliphatic rings. The molecule has 0 unspecified atom stereocenters. The van der Waals surface area contributed by atoms with Gasteiger partial charge in [-0.15, -0.1) is 0 Å². The van der Waals surface area contributed by atoms with Crippen LogP contribution in [0.2, 0.25) is 0 Å². The standard InChI is InChI=1S/C78H81BN2O3/c1-72(2,3)45-25-30-60(49(37-45)44-21-17-16-18-22-44)81-61-41-51-47-23-19-20-24-62(47)82-70(51)66(68(61)79-67-52-40-56-58(43-64(52)84-71(67)81)78(14,15)36-34-76(56,10)11)65-59(80-46-26-28-53-54(38-46)74(6,7)32-31-73(53,4)5)29-27-48-50-39-55-57(42-63(50)83-69(48)65)77(12,13)35-33-75(55,8)9/h16-30,37-43,79-80H,31-36H2,1-15H3. The van der Waals surface area contributed by atoms with Crippen molar-refractivity contribution in [2.24, 2.45) is 0 Å². The average molecular weight is 1110 g/mol. The summed E-state index contributed by atoms with van der Waals surface area (Å²) in [6, 6.07) is 50.7. The van der Waals surface area contributed by atoms with Crippen LogP contribution < -0.4 is 21.1 Å². The van der Waals surface area contributed by atoms with E-state index < -0.39 is 0 Å². The maximum absolute atomic E-state index is 7.66. The van der Waals surface area contributed by atoms with E-state index in [-0.39, 0.29) is 37.9 Å². The summed E-state index contributed by atoms with van der Waals surface area (Å²) in [7, 11) is 0.606. The minimum atomic E-state index is -0.0937. The molecule has 1 aliphatic heterocycles. The molecule has 4 heterocycles. The normalized spacial score (nSPS) is 18.8. The van der Waals surface area contributed by atoms with Gasteiger partial charge in [-0.1, -0.05) is 165 Å². The zero-order valence-electron chi connectivity index (χ0n) is 52.3. The molecular formula is C78H81BN2O3. The molecule has 1 N–H and O–H groups in total. The minimum Gasteiger partial charge on any atom is -0.455 e. The first-order valence-corrected chi connectivity index (χ1v) is 31.2. The zero-order chi connectivity index (χ0) is 58.6. The summed E-state index contributed by atoms with van der Waals surface area (Å²) in [6.45, 7) is 36.0. The number of furan rings is 3. The number of nitrogens with one attached hydrogen (secondary N) is 1. The Morgan fingerprint density at radius 2 is 0.964 bits per heavy atom. The largest absolute Gasteiger partial charge is 0.455 e. The van der Waals surface area contributed by atoms with Crippen LogP contribution in [0.4, 0.5) is 28.6 Å².